The van der Waals surface area contributed by atoms with Gasteiger partial charge in [-0.15, -0.1) is 0 Å². The van der Waals surface area contributed by atoms with Gasteiger partial charge in [-0.3, -0.25) is 4.79 Å². The fourth-order valence-corrected chi connectivity index (χ4v) is 2.29. The summed E-state index contributed by atoms with van der Waals surface area (Å²) in [6.45, 7) is 7.64. The first-order valence-corrected chi connectivity index (χ1v) is 7.87. The quantitative estimate of drug-likeness (QED) is 0.847. The SMILES string of the molecule is CCOc1ccc(C(=O)NCc2ccc(OCC)c(C)c2)cc1. The molecule has 122 valence electrons. The maximum atomic E-state index is 12.2. The van der Waals surface area contributed by atoms with Crippen molar-refractivity contribution >= 4 is 5.91 Å². The molecule has 4 nitrogen and oxygen atoms in total. The molecule has 4 heteroatoms. The lowest BCUT2D eigenvalue weighted by molar-refractivity contribution is 0.0951. The van der Waals surface area contributed by atoms with Crippen molar-refractivity contribution in [2.45, 2.75) is 27.3 Å². The number of ether oxygens (including phenoxy) is 2. The highest BCUT2D eigenvalue weighted by Crippen LogP contribution is 2.19. The van der Waals surface area contributed by atoms with Crippen LogP contribution in [-0.4, -0.2) is 19.1 Å². The Morgan fingerprint density at radius 2 is 1.70 bits per heavy atom. The summed E-state index contributed by atoms with van der Waals surface area (Å²) in [5.41, 5.74) is 2.74. The summed E-state index contributed by atoms with van der Waals surface area (Å²) >= 11 is 0. The fourth-order valence-electron chi connectivity index (χ4n) is 2.29. The third-order valence-electron chi connectivity index (χ3n) is 3.42. The molecule has 0 heterocycles. The summed E-state index contributed by atoms with van der Waals surface area (Å²) in [6, 6.07) is 13.1. The fraction of sp³-hybridized carbons (Fsp3) is 0.316. The second-order valence-corrected chi connectivity index (χ2v) is 5.17. The second kappa shape index (κ2) is 8.22. The number of hydrogen-bond donors (Lipinski definition) is 1. The van der Waals surface area contributed by atoms with Gasteiger partial charge in [-0.25, -0.2) is 0 Å². The van der Waals surface area contributed by atoms with E-state index in [1.165, 1.54) is 0 Å². The molecule has 0 bridgehead atoms. The maximum Gasteiger partial charge on any atom is 0.251 e. The molecule has 0 spiro atoms. The van der Waals surface area contributed by atoms with E-state index in [1.54, 1.807) is 24.3 Å². The van der Waals surface area contributed by atoms with Crippen LogP contribution in [0.3, 0.4) is 0 Å². The van der Waals surface area contributed by atoms with Crippen LogP contribution in [0.15, 0.2) is 42.5 Å². The first-order valence-electron chi connectivity index (χ1n) is 7.87. The minimum Gasteiger partial charge on any atom is -0.494 e. The van der Waals surface area contributed by atoms with Gasteiger partial charge in [0.25, 0.3) is 5.91 Å². The molecule has 0 radical (unpaired) electrons. The molecular formula is C19H23NO3. The van der Waals surface area contributed by atoms with E-state index in [1.807, 2.05) is 39.0 Å². The van der Waals surface area contributed by atoms with Crippen LogP contribution < -0.4 is 14.8 Å². The van der Waals surface area contributed by atoms with Gasteiger partial charge in [0.2, 0.25) is 0 Å². The third kappa shape index (κ3) is 4.74. The van der Waals surface area contributed by atoms with E-state index in [4.69, 9.17) is 9.47 Å². The molecule has 2 rings (SSSR count). The molecule has 0 aliphatic carbocycles. The van der Waals surface area contributed by atoms with Gasteiger partial charge in [0, 0.05) is 12.1 Å². The molecule has 0 atom stereocenters. The van der Waals surface area contributed by atoms with Gasteiger partial charge in [-0.2, -0.15) is 0 Å². The lowest BCUT2D eigenvalue weighted by Gasteiger charge is -2.10. The Morgan fingerprint density at radius 3 is 2.30 bits per heavy atom. The first kappa shape index (κ1) is 16.9. The number of carbonyl (C=O) groups excluding carboxylic acids is 1. The van der Waals surface area contributed by atoms with Crippen LogP contribution in [-0.2, 0) is 6.54 Å². The predicted octanol–water partition coefficient (Wildman–Crippen LogP) is 3.72. The van der Waals surface area contributed by atoms with Crippen molar-refractivity contribution in [2.24, 2.45) is 0 Å². The molecule has 0 unspecified atom stereocenters. The van der Waals surface area contributed by atoms with Gasteiger partial charge in [0.15, 0.2) is 0 Å². The summed E-state index contributed by atoms with van der Waals surface area (Å²) in [6.07, 6.45) is 0. The molecule has 0 aliphatic heterocycles. The minimum atomic E-state index is -0.0976. The zero-order chi connectivity index (χ0) is 16.7. The van der Waals surface area contributed by atoms with E-state index in [9.17, 15) is 4.79 Å². The third-order valence-corrected chi connectivity index (χ3v) is 3.42. The van der Waals surface area contributed by atoms with E-state index < -0.39 is 0 Å². The van der Waals surface area contributed by atoms with E-state index in [-0.39, 0.29) is 5.91 Å². The van der Waals surface area contributed by atoms with Crippen LogP contribution in [0.5, 0.6) is 11.5 Å². The number of rotatable bonds is 7. The average Bonchev–Trinajstić information content (AvgIpc) is 2.56. The van der Waals surface area contributed by atoms with E-state index in [2.05, 4.69) is 5.32 Å². The molecule has 0 saturated heterocycles. The Kier molecular flexibility index (Phi) is 6.03. The molecule has 0 aliphatic rings. The van der Waals surface area contributed by atoms with Crippen molar-refractivity contribution in [1.29, 1.82) is 0 Å². The zero-order valence-corrected chi connectivity index (χ0v) is 13.9. The standard InChI is InChI=1S/C19H23NO3/c1-4-22-17-9-7-16(8-10-17)19(21)20-13-15-6-11-18(23-5-2)14(3)12-15/h6-12H,4-5,13H2,1-3H3,(H,20,21). The van der Waals surface area contributed by atoms with Gasteiger partial charge in [0.1, 0.15) is 11.5 Å². The molecule has 23 heavy (non-hydrogen) atoms. The van der Waals surface area contributed by atoms with Gasteiger partial charge >= 0.3 is 0 Å². The monoisotopic (exact) mass is 313 g/mol. The Hall–Kier alpha value is -2.49. The van der Waals surface area contributed by atoms with Gasteiger partial charge in [0.05, 0.1) is 13.2 Å². The number of benzene rings is 2. The molecular weight excluding hydrogens is 290 g/mol. The number of aryl methyl sites for hydroxylation is 1. The smallest absolute Gasteiger partial charge is 0.251 e. The minimum absolute atomic E-state index is 0.0976. The summed E-state index contributed by atoms with van der Waals surface area (Å²) in [5.74, 6) is 1.56. The molecule has 1 N–H and O–H groups in total. The molecule has 0 saturated carbocycles. The number of hydrogen-bond acceptors (Lipinski definition) is 3. The van der Waals surface area contributed by atoms with Gasteiger partial charge in [-0.1, -0.05) is 12.1 Å². The lowest BCUT2D eigenvalue weighted by Crippen LogP contribution is -2.22. The first-order chi connectivity index (χ1) is 11.1. The zero-order valence-electron chi connectivity index (χ0n) is 13.9. The Labute approximate surface area is 137 Å². The van der Waals surface area contributed by atoms with Crippen LogP contribution in [0.2, 0.25) is 0 Å². The summed E-state index contributed by atoms with van der Waals surface area (Å²) in [5, 5.41) is 2.92. The van der Waals surface area contributed by atoms with E-state index in [0.717, 1.165) is 22.6 Å². The summed E-state index contributed by atoms with van der Waals surface area (Å²) < 4.78 is 10.9. The van der Waals surface area contributed by atoms with E-state index in [0.29, 0.717) is 25.3 Å². The molecule has 2 aromatic carbocycles. The Balaban J connectivity index is 1.94. The predicted molar refractivity (Wildman–Crippen MR) is 91.1 cm³/mol. The second-order valence-electron chi connectivity index (χ2n) is 5.17. The van der Waals surface area contributed by atoms with Crippen LogP contribution in [0.25, 0.3) is 0 Å². The van der Waals surface area contributed by atoms with Crippen LogP contribution in [0.1, 0.15) is 35.3 Å². The van der Waals surface area contributed by atoms with Crippen molar-refractivity contribution in [3.63, 3.8) is 0 Å². The van der Waals surface area contributed by atoms with Crippen LogP contribution in [0.4, 0.5) is 0 Å². The normalized spacial score (nSPS) is 10.2. The van der Waals surface area contributed by atoms with Crippen molar-refractivity contribution in [3.05, 3.63) is 59.2 Å². The molecule has 0 aromatic heterocycles. The molecule has 2 aromatic rings. The van der Waals surface area contributed by atoms with Gasteiger partial charge < -0.3 is 14.8 Å². The number of nitrogens with one attached hydrogen (secondary N) is 1. The van der Waals surface area contributed by atoms with Crippen molar-refractivity contribution in [1.82, 2.24) is 5.32 Å². The number of amides is 1. The van der Waals surface area contributed by atoms with Crippen molar-refractivity contribution in [2.75, 3.05) is 13.2 Å². The molecule has 0 fully saturated rings. The molecule has 1 amide bonds. The highest BCUT2D eigenvalue weighted by Gasteiger charge is 2.06. The average molecular weight is 313 g/mol. The maximum absolute atomic E-state index is 12.2. The summed E-state index contributed by atoms with van der Waals surface area (Å²) in [4.78, 5) is 12.2. The Morgan fingerprint density at radius 1 is 1.00 bits per heavy atom. The van der Waals surface area contributed by atoms with Crippen LogP contribution >= 0.6 is 0 Å². The lowest BCUT2D eigenvalue weighted by atomic mass is 10.1. The topological polar surface area (TPSA) is 47.6 Å². The highest BCUT2D eigenvalue weighted by molar-refractivity contribution is 5.94. The van der Waals surface area contributed by atoms with E-state index >= 15 is 0 Å². The van der Waals surface area contributed by atoms with Crippen molar-refractivity contribution in [3.8, 4) is 11.5 Å². The van der Waals surface area contributed by atoms with Crippen LogP contribution in [0, 0.1) is 6.92 Å². The number of carbonyl (C=O) groups is 1. The van der Waals surface area contributed by atoms with Crippen molar-refractivity contribution < 1.29 is 14.3 Å². The van der Waals surface area contributed by atoms with Gasteiger partial charge in [-0.05, 0) is 62.2 Å². The highest BCUT2D eigenvalue weighted by atomic mass is 16.5. The summed E-state index contributed by atoms with van der Waals surface area (Å²) in [7, 11) is 0. The Bertz CT molecular complexity index is 650. The largest absolute Gasteiger partial charge is 0.494 e.